The molecule has 0 amide bonds. The highest BCUT2D eigenvalue weighted by Crippen LogP contribution is 2.45. The van der Waals surface area contributed by atoms with Gasteiger partial charge in [-0.3, -0.25) is 37.3 Å². The van der Waals surface area contributed by atoms with Crippen LogP contribution in [0.1, 0.15) is 200 Å². The number of unbranched alkanes of at least 4 members (excludes halogenated alkanes) is 21. The van der Waals surface area contributed by atoms with Crippen LogP contribution in [0.3, 0.4) is 0 Å². The lowest BCUT2D eigenvalue weighted by Crippen LogP contribution is -2.30. The zero-order valence-corrected chi connectivity index (χ0v) is 41.6. The summed E-state index contributed by atoms with van der Waals surface area (Å²) in [7, 11) is -9.84. The van der Waals surface area contributed by atoms with Gasteiger partial charge in [0.2, 0.25) is 0 Å². The molecule has 5 atom stereocenters. The largest absolute Gasteiger partial charge is 0.472 e. The number of carbonyl (C=O) groups excluding carboxylic acids is 4. The summed E-state index contributed by atoms with van der Waals surface area (Å²) < 4.78 is 66.5. The van der Waals surface area contributed by atoms with Crippen molar-refractivity contribution in [2.45, 2.75) is 218 Å². The molecule has 0 aliphatic carbocycles. The molecule has 0 bridgehead atoms. The monoisotopic (exact) mass is 973 g/mol. The number of hydrogen-bond donors (Lipinski definition) is 3. The molecule has 0 spiro atoms. The minimum Gasteiger partial charge on any atom is -0.462 e. The van der Waals surface area contributed by atoms with Crippen molar-refractivity contribution in [2.75, 3.05) is 39.6 Å². The molecule has 0 aliphatic rings. The summed E-state index contributed by atoms with van der Waals surface area (Å²) in [5.74, 6) is -2.24. The lowest BCUT2D eigenvalue weighted by Gasteiger charge is -2.21. The van der Waals surface area contributed by atoms with Crippen LogP contribution in [0.2, 0.25) is 0 Å². The highest BCUT2D eigenvalue weighted by molar-refractivity contribution is 7.47. The molecule has 65 heavy (non-hydrogen) atoms. The molecule has 17 nitrogen and oxygen atoms in total. The number of aliphatic hydroxyl groups is 1. The van der Waals surface area contributed by atoms with Gasteiger partial charge >= 0.3 is 39.5 Å². The Hall–Kier alpha value is -1.94. The van der Waals surface area contributed by atoms with Gasteiger partial charge in [0.1, 0.15) is 19.3 Å². The lowest BCUT2D eigenvalue weighted by molar-refractivity contribution is -0.161. The average molecular weight is 973 g/mol. The Morgan fingerprint density at radius 2 is 0.692 bits per heavy atom. The third kappa shape index (κ3) is 41.9. The quantitative estimate of drug-likeness (QED) is 0.0169. The number of ether oxygens (including phenoxy) is 4. The van der Waals surface area contributed by atoms with Crippen LogP contribution in [0, 0.1) is 13.8 Å². The lowest BCUT2D eigenvalue weighted by atomic mass is 10.1. The van der Waals surface area contributed by atoms with E-state index in [0.717, 1.165) is 103 Å². The number of carbonyl (C=O) groups is 4. The minimum atomic E-state index is -4.92. The molecule has 0 aromatic carbocycles. The average Bonchev–Trinajstić information content (AvgIpc) is 3.27. The topological polar surface area (TPSA) is 237 Å². The van der Waals surface area contributed by atoms with Gasteiger partial charge in [0.05, 0.1) is 26.4 Å². The Morgan fingerprint density at radius 1 is 0.415 bits per heavy atom. The van der Waals surface area contributed by atoms with Crippen molar-refractivity contribution in [1.82, 2.24) is 0 Å². The van der Waals surface area contributed by atoms with E-state index in [1.54, 1.807) is 0 Å². The molecule has 0 saturated carbocycles. The third-order valence-corrected chi connectivity index (χ3v) is 12.0. The van der Waals surface area contributed by atoms with Crippen molar-refractivity contribution < 1.29 is 80.2 Å². The summed E-state index contributed by atoms with van der Waals surface area (Å²) in [5.41, 5.74) is 0. The summed E-state index contributed by atoms with van der Waals surface area (Å²) >= 11 is 0. The van der Waals surface area contributed by atoms with E-state index in [0.29, 0.717) is 25.7 Å². The van der Waals surface area contributed by atoms with Crippen molar-refractivity contribution in [1.29, 1.82) is 0 Å². The maximum Gasteiger partial charge on any atom is 0.472 e. The first-order valence-electron chi connectivity index (χ1n) is 24.4. The van der Waals surface area contributed by atoms with E-state index >= 15 is 0 Å². The second-order valence-electron chi connectivity index (χ2n) is 16.5. The Labute approximate surface area is 390 Å². The number of phosphoric ester groups is 2. The maximum atomic E-state index is 12.7. The van der Waals surface area contributed by atoms with Crippen molar-refractivity contribution >= 4 is 39.5 Å². The van der Waals surface area contributed by atoms with E-state index in [2.05, 4.69) is 27.7 Å². The van der Waals surface area contributed by atoms with Crippen LogP contribution < -0.4 is 0 Å². The van der Waals surface area contributed by atoms with Crippen LogP contribution in [-0.2, 0) is 65.4 Å². The molecule has 0 radical (unpaired) electrons. The summed E-state index contributed by atoms with van der Waals surface area (Å²) in [6.07, 6.45) is 19.7. The molecule has 3 N–H and O–H groups in total. The highest BCUT2D eigenvalue weighted by Gasteiger charge is 2.30. The molecule has 0 aromatic heterocycles. The fourth-order valence-electron chi connectivity index (χ4n) is 6.30. The summed E-state index contributed by atoms with van der Waals surface area (Å²) in [4.78, 5) is 70.5. The van der Waals surface area contributed by atoms with Crippen LogP contribution in [0.5, 0.6) is 0 Å². The van der Waals surface area contributed by atoms with Gasteiger partial charge in [-0.2, -0.15) is 12.8 Å². The van der Waals surface area contributed by atoms with Gasteiger partial charge in [0.15, 0.2) is 12.2 Å². The van der Waals surface area contributed by atoms with E-state index in [4.69, 9.17) is 37.0 Å². The Bertz CT molecular complexity index is 1300. The second-order valence-corrected chi connectivity index (χ2v) is 19.4. The van der Waals surface area contributed by atoms with E-state index in [-0.39, 0.29) is 25.7 Å². The normalized spacial score (nSPS) is 14.8. The zero-order valence-electron chi connectivity index (χ0n) is 39.8. The van der Waals surface area contributed by atoms with Crippen molar-refractivity contribution in [3.05, 3.63) is 13.8 Å². The SMILES string of the molecule is [CH2-]CCCCCCC(=O)OC[C@H](COP(=O)(O)OC[C@@H](O)COP(=O)(O)OC[C@@H](COC(=O)CCCCCCCCCCC)OC(=O)CCCCCCCC)OC(=O)CCCCCC[CH2-]. The Kier molecular flexibility index (Phi) is 40.9. The third-order valence-electron chi connectivity index (χ3n) is 10.1. The minimum absolute atomic E-state index is 0.0731. The Balaban J connectivity index is 5.11. The fraction of sp³-hybridized carbons (Fsp3) is 0.870. The first kappa shape index (κ1) is 63.1. The fourth-order valence-corrected chi connectivity index (χ4v) is 7.88. The molecule has 0 saturated heterocycles. The van der Waals surface area contributed by atoms with Crippen LogP contribution in [-0.4, -0.2) is 96.7 Å². The molecule has 2 unspecified atom stereocenters. The molecular formula is C46H86O17P2-2. The number of aliphatic hydroxyl groups excluding tert-OH is 1. The molecule has 0 aliphatic heterocycles. The summed E-state index contributed by atoms with van der Waals surface area (Å²) in [6, 6.07) is 0. The van der Waals surface area contributed by atoms with Gasteiger partial charge in [-0.1, -0.05) is 136 Å². The molecule has 0 rings (SSSR count). The predicted molar refractivity (Wildman–Crippen MR) is 247 cm³/mol. The van der Waals surface area contributed by atoms with Gasteiger partial charge in [0, 0.05) is 25.7 Å². The van der Waals surface area contributed by atoms with E-state index in [1.807, 2.05) is 0 Å². The van der Waals surface area contributed by atoms with E-state index in [9.17, 15) is 43.2 Å². The van der Waals surface area contributed by atoms with Crippen LogP contribution in [0.25, 0.3) is 0 Å². The molecular weight excluding hydrogens is 886 g/mol. The predicted octanol–water partition coefficient (Wildman–Crippen LogP) is 10.5. The van der Waals surface area contributed by atoms with E-state index in [1.165, 1.54) is 32.1 Å². The molecule has 0 fully saturated rings. The first-order valence-corrected chi connectivity index (χ1v) is 27.4. The zero-order chi connectivity index (χ0) is 48.4. The van der Waals surface area contributed by atoms with Crippen LogP contribution in [0.15, 0.2) is 0 Å². The van der Waals surface area contributed by atoms with Crippen LogP contribution in [0.4, 0.5) is 0 Å². The maximum absolute atomic E-state index is 12.7. The second kappa shape index (κ2) is 42.2. The van der Waals surface area contributed by atoms with Gasteiger partial charge < -0.3 is 47.7 Å². The standard InChI is InChI=1S/C46H86O17P2/c1-5-9-13-17-19-20-21-25-27-31-44(49)57-37-42(63-46(51)33-29-24-18-14-10-6-2)39-61-65(54,55)59-35-40(47)34-58-64(52,53)60-38-41(62-45(50)32-28-23-16-12-8-4)36-56-43(48)30-26-22-15-11-7-3/h40-42,47H,3-39H2,1-2H3,(H,52,53)(H,54,55)/q-2/t40-,41-,42-/m1/s1. The van der Waals surface area contributed by atoms with Crippen LogP contribution >= 0.6 is 15.6 Å². The number of rotatable bonds is 47. The van der Waals surface area contributed by atoms with E-state index < -0.39 is 97.5 Å². The van der Waals surface area contributed by atoms with Crippen molar-refractivity contribution in [2.24, 2.45) is 0 Å². The Morgan fingerprint density at radius 3 is 1.02 bits per heavy atom. The highest BCUT2D eigenvalue weighted by atomic mass is 31.2. The molecule has 0 heterocycles. The van der Waals surface area contributed by atoms with Crippen molar-refractivity contribution in [3.8, 4) is 0 Å². The van der Waals surface area contributed by atoms with Gasteiger partial charge in [-0.25, -0.2) is 9.13 Å². The van der Waals surface area contributed by atoms with Gasteiger partial charge in [0.25, 0.3) is 0 Å². The number of phosphoric acid groups is 2. The number of hydrogen-bond acceptors (Lipinski definition) is 15. The molecule has 384 valence electrons. The van der Waals surface area contributed by atoms with Gasteiger partial charge in [-0.05, 0) is 25.7 Å². The van der Waals surface area contributed by atoms with Crippen molar-refractivity contribution in [3.63, 3.8) is 0 Å². The summed E-state index contributed by atoms with van der Waals surface area (Å²) in [5, 5.41) is 10.3. The smallest absolute Gasteiger partial charge is 0.462 e. The first-order chi connectivity index (χ1) is 31.2. The number of esters is 4. The molecule has 19 heteroatoms. The molecule has 0 aromatic rings. The van der Waals surface area contributed by atoms with Gasteiger partial charge in [-0.15, -0.1) is 0 Å². The summed E-state index contributed by atoms with van der Waals surface area (Å²) in [6.45, 7) is 7.84.